The van der Waals surface area contributed by atoms with Crippen molar-refractivity contribution in [2.45, 2.75) is 12.6 Å². The Hall–Kier alpha value is -3.42. The number of benzene rings is 1. The van der Waals surface area contributed by atoms with Gasteiger partial charge in [0.05, 0.1) is 13.0 Å². The van der Waals surface area contributed by atoms with Crippen molar-refractivity contribution in [3.63, 3.8) is 0 Å². The zero-order chi connectivity index (χ0) is 18.5. The van der Waals surface area contributed by atoms with Crippen LogP contribution >= 0.6 is 0 Å². The number of fused-ring (bicyclic) bond motifs is 2. The molecule has 2 atom stereocenters. The molecule has 0 radical (unpaired) electrons. The number of carbonyl (C=O) groups is 1. The predicted molar refractivity (Wildman–Crippen MR) is 97.3 cm³/mol. The highest BCUT2D eigenvalue weighted by Gasteiger charge is 2.43. The van der Waals surface area contributed by atoms with Crippen molar-refractivity contribution in [3.05, 3.63) is 36.9 Å². The number of anilines is 1. The number of hydrogen-bond donors (Lipinski definition) is 2. The van der Waals surface area contributed by atoms with Gasteiger partial charge in [0.1, 0.15) is 28.9 Å². The van der Waals surface area contributed by atoms with Crippen LogP contribution in [0.15, 0.2) is 41.3 Å². The SMILES string of the molecule is COc1cc2ncoc2cc1-c1c[nH]c2nc(NC(=O)C3CC3F)ccc12. The number of halogens is 1. The van der Waals surface area contributed by atoms with E-state index in [1.165, 1.54) is 6.39 Å². The number of aromatic amines is 1. The van der Waals surface area contributed by atoms with E-state index in [0.717, 1.165) is 16.5 Å². The second-order valence-corrected chi connectivity index (χ2v) is 6.52. The number of ether oxygens (including phenoxy) is 1. The molecule has 27 heavy (non-hydrogen) atoms. The number of H-pyrrole nitrogens is 1. The highest BCUT2D eigenvalue weighted by atomic mass is 19.1. The molecule has 136 valence electrons. The van der Waals surface area contributed by atoms with Gasteiger partial charge >= 0.3 is 0 Å². The molecule has 2 unspecified atom stereocenters. The Bertz CT molecular complexity index is 1180. The van der Waals surface area contributed by atoms with E-state index in [1.807, 2.05) is 24.4 Å². The fraction of sp³-hybridized carbons (Fsp3) is 0.211. The molecule has 1 fully saturated rings. The van der Waals surface area contributed by atoms with Crippen LogP contribution in [0, 0.1) is 5.92 Å². The molecule has 1 aromatic carbocycles. The third kappa shape index (κ3) is 2.61. The third-order valence-corrected chi connectivity index (χ3v) is 4.78. The van der Waals surface area contributed by atoms with E-state index >= 15 is 0 Å². The Balaban J connectivity index is 1.54. The molecule has 1 amide bonds. The lowest BCUT2D eigenvalue weighted by molar-refractivity contribution is -0.117. The summed E-state index contributed by atoms with van der Waals surface area (Å²) in [7, 11) is 1.60. The van der Waals surface area contributed by atoms with Crippen molar-refractivity contribution in [2.24, 2.45) is 5.92 Å². The zero-order valence-corrected chi connectivity index (χ0v) is 14.3. The number of pyridine rings is 1. The molecule has 0 bridgehead atoms. The number of carbonyl (C=O) groups excluding carboxylic acids is 1. The van der Waals surface area contributed by atoms with Crippen molar-refractivity contribution in [1.82, 2.24) is 15.0 Å². The van der Waals surface area contributed by atoms with Gasteiger partial charge in [-0.3, -0.25) is 4.79 Å². The maximum absolute atomic E-state index is 13.0. The second-order valence-electron chi connectivity index (χ2n) is 6.52. The number of oxazole rings is 1. The number of hydrogen-bond acceptors (Lipinski definition) is 5. The summed E-state index contributed by atoms with van der Waals surface area (Å²) in [6.07, 6.45) is 2.46. The van der Waals surface area contributed by atoms with Crippen LogP contribution in [-0.4, -0.2) is 34.1 Å². The Morgan fingerprint density at radius 3 is 3.00 bits per heavy atom. The van der Waals surface area contributed by atoms with Crippen LogP contribution in [0.4, 0.5) is 10.2 Å². The summed E-state index contributed by atoms with van der Waals surface area (Å²) < 4.78 is 23.9. The Kier molecular flexibility index (Phi) is 3.40. The van der Waals surface area contributed by atoms with Crippen LogP contribution in [0.5, 0.6) is 5.75 Å². The van der Waals surface area contributed by atoms with E-state index in [1.54, 1.807) is 13.2 Å². The first kappa shape index (κ1) is 15.8. The summed E-state index contributed by atoms with van der Waals surface area (Å²) >= 11 is 0. The second kappa shape index (κ2) is 5.80. The molecule has 1 aliphatic carbocycles. The average molecular weight is 366 g/mol. The van der Waals surface area contributed by atoms with Crippen molar-refractivity contribution >= 4 is 33.9 Å². The van der Waals surface area contributed by atoms with Gasteiger partial charge < -0.3 is 19.5 Å². The van der Waals surface area contributed by atoms with Gasteiger partial charge in [-0.15, -0.1) is 0 Å². The molecule has 0 aliphatic heterocycles. The minimum absolute atomic E-state index is 0.282. The maximum atomic E-state index is 13.0. The van der Waals surface area contributed by atoms with Crippen molar-refractivity contribution in [3.8, 4) is 16.9 Å². The Labute approximate surface area is 152 Å². The first-order valence-corrected chi connectivity index (χ1v) is 8.48. The molecule has 1 saturated carbocycles. The summed E-state index contributed by atoms with van der Waals surface area (Å²) in [5.74, 6) is 0.160. The molecule has 0 saturated heterocycles. The van der Waals surface area contributed by atoms with Crippen LogP contribution in [0.2, 0.25) is 0 Å². The first-order chi connectivity index (χ1) is 13.1. The number of nitrogens with zero attached hydrogens (tertiary/aromatic N) is 2. The summed E-state index contributed by atoms with van der Waals surface area (Å²) in [6, 6.07) is 7.24. The normalized spacial score (nSPS) is 18.7. The molecule has 2 N–H and O–H groups in total. The van der Waals surface area contributed by atoms with E-state index in [2.05, 4.69) is 20.3 Å². The van der Waals surface area contributed by atoms with Gasteiger partial charge in [-0.25, -0.2) is 14.4 Å². The van der Waals surface area contributed by atoms with Crippen molar-refractivity contribution in [1.29, 1.82) is 0 Å². The largest absolute Gasteiger partial charge is 0.496 e. The highest BCUT2D eigenvalue weighted by molar-refractivity contribution is 6.00. The number of rotatable bonds is 4. The van der Waals surface area contributed by atoms with E-state index in [4.69, 9.17) is 9.15 Å². The third-order valence-electron chi connectivity index (χ3n) is 4.78. The van der Waals surface area contributed by atoms with E-state index in [-0.39, 0.29) is 12.3 Å². The molecule has 3 aromatic heterocycles. The smallest absolute Gasteiger partial charge is 0.231 e. The van der Waals surface area contributed by atoms with Crippen LogP contribution in [0.25, 0.3) is 33.3 Å². The molecule has 3 heterocycles. The van der Waals surface area contributed by atoms with Crippen LogP contribution in [-0.2, 0) is 4.79 Å². The molecular formula is C19H15FN4O3. The quantitative estimate of drug-likeness (QED) is 0.575. The molecule has 1 aliphatic rings. The van der Waals surface area contributed by atoms with Gasteiger partial charge in [-0.2, -0.15) is 0 Å². The lowest BCUT2D eigenvalue weighted by Crippen LogP contribution is -2.15. The molecule has 0 spiro atoms. The fourth-order valence-electron chi connectivity index (χ4n) is 3.22. The molecular weight excluding hydrogens is 351 g/mol. The topological polar surface area (TPSA) is 93.0 Å². The van der Waals surface area contributed by atoms with Gasteiger partial charge in [-0.05, 0) is 24.6 Å². The standard InChI is InChI=1S/C19H15FN4O3/c1-26-15-6-14-16(27-8-22-14)5-10(15)12-7-21-18-9(12)2-3-17(23-18)24-19(25)11-4-13(11)20/h2-3,5-8,11,13H,4H2,1H3,(H2,21,23,24,25). The highest BCUT2D eigenvalue weighted by Crippen LogP contribution is 2.38. The van der Waals surface area contributed by atoms with Crippen LogP contribution in [0.3, 0.4) is 0 Å². The van der Waals surface area contributed by atoms with Crippen molar-refractivity contribution < 1.29 is 18.3 Å². The van der Waals surface area contributed by atoms with Gasteiger partial charge in [0.25, 0.3) is 0 Å². The minimum Gasteiger partial charge on any atom is -0.496 e. The van der Waals surface area contributed by atoms with Gasteiger partial charge in [0, 0.05) is 28.8 Å². The molecule has 5 rings (SSSR count). The molecule has 7 nitrogen and oxygen atoms in total. The summed E-state index contributed by atoms with van der Waals surface area (Å²) in [5, 5.41) is 3.52. The fourth-order valence-corrected chi connectivity index (χ4v) is 3.22. The predicted octanol–water partition coefficient (Wildman–Crippen LogP) is 3.68. The summed E-state index contributed by atoms with van der Waals surface area (Å²) in [4.78, 5) is 23.6. The molecule has 4 aromatic rings. The van der Waals surface area contributed by atoms with E-state index in [9.17, 15) is 9.18 Å². The monoisotopic (exact) mass is 366 g/mol. The van der Waals surface area contributed by atoms with Crippen LogP contribution < -0.4 is 10.1 Å². The first-order valence-electron chi connectivity index (χ1n) is 8.48. The Morgan fingerprint density at radius 2 is 2.22 bits per heavy atom. The van der Waals surface area contributed by atoms with Gasteiger partial charge in [0.2, 0.25) is 5.91 Å². The van der Waals surface area contributed by atoms with Crippen molar-refractivity contribution in [2.75, 3.05) is 12.4 Å². The number of aromatic nitrogens is 3. The molecule has 8 heteroatoms. The van der Waals surface area contributed by atoms with E-state index in [0.29, 0.717) is 28.3 Å². The van der Waals surface area contributed by atoms with Gasteiger partial charge in [-0.1, -0.05) is 0 Å². The summed E-state index contributed by atoms with van der Waals surface area (Å²) in [5.41, 5.74) is 3.70. The number of alkyl halides is 1. The number of amides is 1. The minimum atomic E-state index is -1.04. The van der Waals surface area contributed by atoms with E-state index < -0.39 is 12.1 Å². The lowest BCUT2D eigenvalue weighted by Gasteiger charge is -2.08. The number of nitrogens with one attached hydrogen (secondary N) is 2. The van der Waals surface area contributed by atoms with Crippen LogP contribution in [0.1, 0.15) is 6.42 Å². The zero-order valence-electron chi connectivity index (χ0n) is 14.3. The van der Waals surface area contributed by atoms with Gasteiger partial charge in [0.15, 0.2) is 12.0 Å². The maximum Gasteiger partial charge on any atom is 0.231 e. The number of methoxy groups -OCH3 is 1. The lowest BCUT2D eigenvalue weighted by atomic mass is 10.0. The summed E-state index contributed by atoms with van der Waals surface area (Å²) in [6.45, 7) is 0. The average Bonchev–Trinajstić information content (AvgIpc) is 3.07. The Morgan fingerprint density at radius 1 is 1.37 bits per heavy atom.